The maximum absolute atomic E-state index is 13.0. The molecular weight excluding hydrogens is 457 g/mol. The summed E-state index contributed by atoms with van der Waals surface area (Å²) in [7, 11) is 0. The van der Waals surface area contributed by atoms with Gasteiger partial charge in [0.25, 0.3) is 5.56 Å². The summed E-state index contributed by atoms with van der Waals surface area (Å²) in [5, 5.41) is 3.30. The number of benzene rings is 2. The molecular formula is C23H20ClF3N4O2. The van der Waals surface area contributed by atoms with Gasteiger partial charge in [0.05, 0.1) is 23.4 Å². The van der Waals surface area contributed by atoms with Crippen LogP contribution in [0.3, 0.4) is 0 Å². The van der Waals surface area contributed by atoms with Crippen molar-refractivity contribution >= 4 is 23.3 Å². The molecule has 0 atom stereocenters. The number of nitrogens with one attached hydrogen (secondary N) is 2. The van der Waals surface area contributed by atoms with E-state index in [9.17, 15) is 22.8 Å². The Kier molecular flexibility index (Phi) is 6.16. The molecule has 2 aromatic carbocycles. The molecule has 1 aromatic heterocycles. The Bertz CT molecular complexity index is 1270. The molecule has 1 aliphatic heterocycles. The number of nitrogens with zero attached hydrogens (tertiary/aromatic N) is 2. The standard InChI is InChI=1S/C23H20ClF3N4O2/c1-13-5-6-16(11-18(13)24)28-22(33)31-8-7-19-17(12-31)21(32)30-20(29-19)10-14-3-2-4-15(9-14)23(25,26)27/h2-6,9,11H,7-8,10,12H2,1H3,(H,28,33)(H,29,30,32). The quantitative estimate of drug-likeness (QED) is 0.562. The number of halogens is 4. The van der Waals surface area contributed by atoms with Gasteiger partial charge < -0.3 is 15.2 Å². The van der Waals surface area contributed by atoms with Gasteiger partial charge in [-0.15, -0.1) is 0 Å². The highest BCUT2D eigenvalue weighted by Gasteiger charge is 2.30. The molecule has 4 rings (SSSR count). The minimum absolute atomic E-state index is 0.0603. The van der Waals surface area contributed by atoms with Crippen molar-refractivity contribution in [1.29, 1.82) is 0 Å². The number of anilines is 1. The highest BCUT2D eigenvalue weighted by Crippen LogP contribution is 2.30. The average molecular weight is 477 g/mol. The lowest BCUT2D eigenvalue weighted by Crippen LogP contribution is -2.42. The van der Waals surface area contributed by atoms with Crippen LogP contribution in [0.2, 0.25) is 5.02 Å². The third-order valence-corrected chi connectivity index (χ3v) is 5.86. The number of aromatic amines is 1. The number of aromatic nitrogens is 2. The Morgan fingerprint density at radius 3 is 2.76 bits per heavy atom. The molecule has 2 amide bonds. The summed E-state index contributed by atoms with van der Waals surface area (Å²) >= 11 is 6.10. The largest absolute Gasteiger partial charge is 0.416 e. The van der Waals surface area contributed by atoms with Crippen molar-refractivity contribution in [3.8, 4) is 0 Å². The van der Waals surface area contributed by atoms with Crippen LogP contribution < -0.4 is 10.9 Å². The SMILES string of the molecule is Cc1ccc(NC(=O)N2CCc3nc(Cc4cccc(C(F)(F)F)c4)[nH]c(=O)c3C2)cc1Cl. The number of carbonyl (C=O) groups is 1. The average Bonchev–Trinajstić information content (AvgIpc) is 2.76. The predicted octanol–water partition coefficient (Wildman–Crippen LogP) is 4.93. The van der Waals surface area contributed by atoms with Crippen LogP contribution in [0.15, 0.2) is 47.3 Å². The molecule has 0 saturated heterocycles. The van der Waals surface area contributed by atoms with Crippen molar-refractivity contribution in [2.45, 2.75) is 32.5 Å². The van der Waals surface area contributed by atoms with Gasteiger partial charge in [0.1, 0.15) is 5.82 Å². The maximum Gasteiger partial charge on any atom is 0.416 e. The van der Waals surface area contributed by atoms with E-state index in [4.69, 9.17) is 11.6 Å². The second-order valence-electron chi connectivity index (χ2n) is 7.88. The van der Waals surface area contributed by atoms with Gasteiger partial charge in [0, 0.05) is 30.1 Å². The molecule has 0 bridgehead atoms. The monoisotopic (exact) mass is 476 g/mol. The Hall–Kier alpha value is -3.33. The van der Waals surface area contributed by atoms with Crippen LogP contribution in [0.5, 0.6) is 0 Å². The topological polar surface area (TPSA) is 78.1 Å². The molecule has 0 radical (unpaired) electrons. The molecule has 0 spiro atoms. The lowest BCUT2D eigenvalue weighted by atomic mass is 10.1. The van der Waals surface area contributed by atoms with Gasteiger partial charge in [-0.2, -0.15) is 13.2 Å². The van der Waals surface area contributed by atoms with E-state index in [1.54, 1.807) is 24.3 Å². The summed E-state index contributed by atoms with van der Waals surface area (Å²) in [6.07, 6.45) is -4.03. The Labute approximate surface area is 192 Å². The number of alkyl halides is 3. The fourth-order valence-electron chi connectivity index (χ4n) is 3.66. The third kappa shape index (κ3) is 5.19. The molecule has 2 N–H and O–H groups in total. The molecule has 0 saturated carbocycles. The predicted molar refractivity (Wildman–Crippen MR) is 118 cm³/mol. The number of aryl methyl sites for hydroxylation is 1. The highest BCUT2D eigenvalue weighted by molar-refractivity contribution is 6.31. The molecule has 0 fully saturated rings. The van der Waals surface area contributed by atoms with E-state index >= 15 is 0 Å². The van der Waals surface area contributed by atoms with E-state index in [-0.39, 0.29) is 24.8 Å². The van der Waals surface area contributed by atoms with E-state index in [0.29, 0.717) is 40.5 Å². The zero-order chi connectivity index (χ0) is 23.8. The van der Waals surface area contributed by atoms with Crippen molar-refractivity contribution < 1.29 is 18.0 Å². The van der Waals surface area contributed by atoms with Crippen LogP contribution in [-0.2, 0) is 25.6 Å². The number of hydrogen-bond donors (Lipinski definition) is 2. The van der Waals surface area contributed by atoms with E-state index in [0.717, 1.165) is 17.7 Å². The summed E-state index contributed by atoms with van der Waals surface area (Å²) < 4.78 is 38.9. The Morgan fingerprint density at radius 1 is 1.24 bits per heavy atom. The second kappa shape index (κ2) is 8.90. The van der Waals surface area contributed by atoms with Gasteiger partial charge in [-0.25, -0.2) is 9.78 Å². The second-order valence-corrected chi connectivity index (χ2v) is 8.29. The number of amides is 2. The van der Waals surface area contributed by atoms with Gasteiger partial charge >= 0.3 is 12.2 Å². The zero-order valence-corrected chi connectivity index (χ0v) is 18.3. The summed E-state index contributed by atoms with van der Waals surface area (Å²) in [5.41, 5.74) is 1.58. The first-order chi connectivity index (χ1) is 15.6. The van der Waals surface area contributed by atoms with E-state index in [1.807, 2.05) is 6.92 Å². The van der Waals surface area contributed by atoms with Crippen LogP contribution in [-0.4, -0.2) is 27.4 Å². The van der Waals surface area contributed by atoms with Crippen molar-refractivity contribution in [3.63, 3.8) is 0 Å². The van der Waals surface area contributed by atoms with E-state index in [1.165, 1.54) is 11.0 Å². The van der Waals surface area contributed by atoms with Gasteiger partial charge in [-0.05, 0) is 36.2 Å². The molecule has 0 unspecified atom stereocenters. The molecule has 2 heterocycles. The highest BCUT2D eigenvalue weighted by atomic mass is 35.5. The normalized spacial score (nSPS) is 13.5. The smallest absolute Gasteiger partial charge is 0.320 e. The summed E-state index contributed by atoms with van der Waals surface area (Å²) in [4.78, 5) is 33.9. The minimum Gasteiger partial charge on any atom is -0.320 e. The fourth-order valence-corrected chi connectivity index (χ4v) is 3.84. The molecule has 10 heteroatoms. The molecule has 172 valence electrons. The minimum atomic E-state index is -4.44. The number of carbonyl (C=O) groups excluding carboxylic acids is 1. The zero-order valence-electron chi connectivity index (χ0n) is 17.6. The molecule has 6 nitrogen and oxygen atoms in total. The Morgan fingerprint density at radius 2 is 2.03 bits per heavy atom. The van der Waals surface area contributed by atoms with Gasteiger partial charge in [0.15, 0.2) is 0 Å². The molecule has 33 heavy (non-hydrogen) atoms. The fraction of sp³-hybridized carbons (Fsp3) is 0.261. The van der Waals surface area contributed by atoms with Crippen LogP contribution in [0.4, 0.5) is 23.7 Å². The van der Waals surface area contributed by atoms with Gasteiger partial charge in [0.2, 0.25) is 0 Å². The first-order valence-corrected chi connectivity index (χ1v) is 10.6. The number of urea groups is 1. The molecule has 3 aromatic rings. The number of H-pyrrole nitrogens is 1. The summed E-state index contributed by atoms with van der Waals surface area (Å²) in [6.45, 7) is 2.28. The van der Waals surface area contributed by atoms with Crippen LogP contribution in [0.1, 0.15) is 33.8 Å². The number of hydrogen-bond acceptors (Lipinski definition) is 3. The lowest BCUT2D eigenvalue weighted by Gasteiger charge is -2.28. The van der Waals surface area contributed by atoms with Crippen LogP contribution in [0.25, 0.3) is 0 Å². The first kappa shape index (κ1) is 22.8. The molecule has 0 aliphatic carbocycles. The van der Waals surface area contributed by atoms with Crippen LogP contribution in [0, 0.1) is 6.92 Å². The van der Waals surface area contributed by atoms with Crippen LogP contribution >= 0.6 is 11.6 Å². The summed E-state index contributed by atoms with van der Waals surface area (Å²) in [5.74, 6) is 0.283. The summed E-state index contributed by atoms with van der Waals surface area (Å²) in [6, 6.07) is 9.74. The van der Waals surface area contributed by atoms with Gasteiger partial charge in [-0.1, -0.05) is 35.9 Å². The van der Waals surface area contributed by atoms with E-state index < -0.39 is 17.3 Å². The van der Waals surface area contributed by atoms with E-state index in [2.05, 4.69) is 15.3 Å². The van der Waals surface area contributed by atoms with Crippen molar-refractivity contribution in [1.82, 2.24) is 14.9 Å². The van der Waals surface area contributed by atoms with Crippen molar-refractivity contribution in [2.75, 3.05) is 11.9 Å². The number of fused-ring (bicyclic) bond motifs is 1. The molecule has 1 aliphatic rings. The third-order valence-electron chi connectivity index (χ3n) is 5.45. The number of rotatable bonds is 3. The first-order valence-electron chi connectivity index (χ1n) is 10.2. The van der Waals surface area contributed by atoms with Crippen molar-refractivity contribution in [2.24, 2.45) is 0 Å². The Balaban J connectivity index is 1.49. The van der Waals surface area contributed by atoms with Gasteiger partial charge in [-0.3, -0.25) is 4.79 Å². The van der Waals surface area contributed by atoms with Crippen molar-refractivity contribution in [3.05, 3.63) is 91.6 Å². The maximum atomic E-state index is 13.0. The lowest BCUT2D eigenvalue weighted by molar-refractivity contribution is -0.137.